The predicted molar refractivity (Wildman–Crippen MR) is 120 cm³/mol. The molecule has 0 heterocycles. The first-order chi connectivity index (χ1) is 13.9. The summed E-state index contributed by atoms with van der Waals surface area (Å²) in [5.74, 6) is -0.199. The molecule has 0 aliphatic heterocycles. The van der Waals surface area contributed by atoms with Gasteiger partial charge in [-0.1, -0.05) is 75.4 Å². The lowest BCUT2D eigenvalue weighted by atomic mass is 9.81. The van der Waals surface area contributed by atoms with E-state index in [9.17, 15) is 8.78 Å². The van der Waals surface area contributed by atoms with Gasteiger partial charge in [0.2, 0.25) is 0 Å². The SMILES string of the molecule is C=CC1CCC(C=Cc2ccc(-c3ccc(C(C)(C)CC)c(F)c3F)cc2)CC1. The van der Waals surface area contributed by atoms with Crippen molar-refractivity contribution in [2.75, 3.05) is 0 Å². The molecule has 0 spiro atoms. The van der Waals surface area contributed by atoms with Gasteiger partial charge in [0.25, 0.3) is 0 Å². The second-order valence-electron chi connectivity index (χ2n) is 8.92. The lowest BCUT2D eigenvalue weighted by molar-refractivity contribution is 0.357. The summed E-state index contributed by atoms with van der Waals surface area (Å²) >= 11 is 0. The highest BCUT2D eigenvalue weighted by atomic mass is 19.2. The van der Waals surface area contributed by atoms with E-state index >= 15 is 0 Å². The van der Waals surface area contributed by atoms with Gasteiger partial charge in [-0.3, -0.25) is 0 Å². The first kappa shape index (κ1) is 21.5. The van der Waals surface area contributed by atoms with Crippen molar-refractivity contribution >= 4 is 6.08 Å². The zero-order valence-electron chi connectivity index (χ0n) is 17.8. The van der Waals surface area contributed by atoms with Crippen LogP contribution in [-0.2, 0) is 5.41 Å². The zero-order chi connectivity index (χ0) is 21.0. The summed E-state index contributed by atoms with van der Waals surface area (Å²) in [6.45, 7) is 9.77. The van der Waals surface area contributed by atoms with Crippen LogP contribution >= 0.6 is 0 Å². The van der Waals surface area contributed by atoms with E-state index in [-0.39, 0.29) is 5.41 Å². The highest BCUT2D eigenvalue weighted by Crippen LogP contribution is 2.34. The van der Waals surface area contributed by atoms with Gasteiger partial charge in [-0.25, -0.2) is 8.78 Å². The molecule has 1 aliphatic rings. The van der Waals surface area contributed by atoms with Gasteiger partial charge < -0.3 is 0 Å². The highest BCUT2D eigenvalue weighted by Gasteiger charge is 2.25. The molecule has 1 saturated carbocycles. The lowest BCUT2D eigenvalue weighted by Gasteiger charge is -2.24. The van der Waals surface area contributed by atoms with Crippen LogP contribution in [0.5, 0.6) is 0 Å². The van der Waals surface area contributed by atoms with Gasteiger partial charge in [0.15, 0.2) is 11.6 Å². The maximum absolute atomic E-state index is 14.8. The fraction of sp³-hybridized carbons (Fsp3) is 0.407. The van der Waals surface area contributed by atoms with Crippen molar-refractivity contribution in [1.29, 1.82) is 0 Å². The van der Waals surface area contributed by atoms with Gasteiger partial charge in [0.05, 0.1) is 0 Å². The third-order valence-electron chi connectivity index (χ3n) is 6.63. The number of benzene rings is 2. The Kier molecular flexibility index (Phi) is 6.72. The fourth-order valence-corrected chi connectivity index (χ4v) is 4.08. The predicted octanol–water partition coefficient (Wildman–Crippen LogP) is 8.33. The van der Waals surface area contributed by atoms with Crippen molar-refractivity contribution in [3.8, 4) is 11.1 Å². The lowest BCUT2D eigenvalue weighted by Crippen LogP contribution is -2.18. The Hall–Kier alpha value is -2.22. The van der Waals surface area contributed by atoms with E-state index in [1.807, 2.05) is 45.0 Å². The van der Waals surface area contributed by atoms with E-state index in [1.54, 1.807) is 12.1 Å². The minimum absolute atomic E-state index is 0.316. The third-order valence-corrected chi connectivity index (χ3v) is 6.63. The van der Waals surface area contributed by atoms with Crippen molar-refractivity contribution in [3.63, 3.8) is 0 Å². The van der Waals surface area contributed by atoms with Gasteiger partial charge in [0.1, 0.15) is 0 Å². The summed E-state index contributed by atoms with van der Waals surface area (Å²) in [4.78, 5) is 0. The molecular formula is C27H32F2. The Bertz CT molecular complexity index is 866. The summed E-state index contributed by atoms with van der Waals surface area (Å²) in [5.41, 5.74) is 2.15. The maximum atomic E-state index is 14.8. The molecule has 0 radical (unpaired) electrons. The molecule has 0 unspecified atom stereocenters. The largest absolute Gasteiger partial charge is 0.203 e. The van der Waals surface area contributed by atoms with Crippen LogP contribution < -0.4 is 0 Å². The Morgan fingerprint density at radius 2 is 1.55 bits per heavy atom. The summed E-state index contributed by atoms with van der Waals surface area (Å²) in [7, 11) is 0. The molecule has 2 heteroatoms. The molecule has 0 atom stereocenters. The van der Waals surface area contributed by atoms with Gasteiger partial charge in [-0.2, -0.15) is 0 Å². The molecule has 0 nitrogen and oxygen atoms in total. The van der Waals surface area contributed by atoms with Gasteiger partial charge in [-0.15, -0.1) is 6.58 Å². The average molecular weight is 395 g/mol. The molecule has 29 heavy (non-hydrogen) atoms. The zero-order valence-corrected chi connectivity index (χ0v) is 17.8. The summed E-state index contributed by atoms with van der Waals surface area (Å²) in [5, 5.41) is 0. The molecule has 3 rings (SSSR count). The Balaban J connectivity index is 1.74. The van der Waals surface area contributed by atoms with Gasteiger partial charge in [0, 0.05) is 5.56 Å². The van der Waals surface area contributed by atoms with Crippen LogP contribution in [0.4, 0.5) is 8.78 Å². The minimum atomic E-state index is -0.758. The van der Waals surface area contributed by atoms with E-state index in [2.05, 4.69) is 24.8 Å². The fourth-order valence-electron chi connectivity index (χ4n) is 4.08. The van der Waals surface area contributed by atoms with Crippen LogP contribution in [0.3, 0.4) is 0 Å². The summed E-state index contributed by atoms with van der Waals surface area (Å²) < 4.78 is 29.5. The van der Waals surface area contributed by atoms with E-state index in [4.69, 9.17) is 0 Å². The third kappa shape index (κ3) is 4.86. The van der Waals surface area contributed by atoms with E-state index in [1.165, 1.54) is 25.7 Å². The number of hydrogen-bond acceptors (Lipinski definition) is 0. The monoisotopic (exact) mass is 394 g/mol. The van der Waals surface area contributed by atoms with Crippen LogP contribution in [0.2, 0.25) is 0 Å². The first-order valence-corrected chi connectivity index (χ1v) is 10.8. The van der Waals surface area contributed by atoms with Crippen LogP contribution in [-0.4, -0.2) is 0 Å². The molecule has 0 amide bonds. The Morgan fingerprint density at radius 1 is 0.931 bits per heavy atom. The molecule has 0 aromatic heterocycles. The second kappa shape index (κ2) is 9.07. The number of allylic oxidation sites excluding steroid dienone is 2. The molecule has 0 N–H and O–H groups in total. The summed E-state index contributed by atoms with van der Waals surface area (Å²) in [6, 6.07) is 11.1. The topological polar surface area (TPSA) is 0 Å². The van der Waals surface area contributed by atoms with Gasteiger partial charge in [-0.05, 0) is 66.0 Å². The van der Waals surface area contributed by atoms with Crippen molar-refractivity contribution in [2.24, 2.45) is 11.8 Å². The Morgan fingerprint density at radius 3 is 2.14 bits per heavy atom. The normalized spacial score (nSPS) is 20.2. The van der Waals surface area contributed by atoms with Crippen LogP contribution in [0.15, 0.2) is 55.1 Å². The molecule has 1 aliphatic carbocycles. The van der Waals surface area contributed by atoms with Crippen molar-refractivity contribution in [2.45, 2.75) is 58.3 Å². The van der Waals surface area contributed by atoms with Crippen molar-refractivity contribution in [1.82, 2.24) is 0 Å². The standard InChI is InChI=1S/C27H32F2/c1-5-19-7-9-20(10-8-19)11-12-21-13-15-22(16-14-21)23-17-18-24(26(29)25(23)28)27(3,4)6-2/h5,11-20H,1,6-10H2,2-4H3. The van der Waals surface area contributed by atoms with Crippen LogP contribution in [0, 0.1) is 23.5 Å². The van der Waals surface area contributed by atoms with Crippen LogP contribution in [0.1, 0.15) is 64.0 Å². The molecule has 1 fully saturated rings. The number of rotatable bonds is 6. The van der Waals surface area contributed by atoms with Crippen molar-refractivity contribution in [3.05, 3.63) is 77.9 Å². The molecule has 0 bridgehead atoms. The average Bonchev–Trinajstić information content (AvgIpc) is 2.75. The van der Waals surface area contributed by atoms with Crippen molar-refractivity contribution < 1.29 is 8.78 Å². The molecule has 0 saturated heterocycles. The number of halogens is 2. The van der Waals surface area contributed by atoms with E-state index < -0.39 is 11.6 Å². The quantitative estimate of drug-likeness (QED) is 0.432. The first-order valence-electron chi connectivity index (χ1n) is 10.8. The van der Waals surface area contributed by atoms with E-state index in [0.717, 1.165) is 12.0 Å². The molecule has 2 aromatic rings. The maximum Gasteiger partial charge on any atom is 0.166 e. The van der Waals surface area contributed by atoms with Crippen LogP contribution in [0.25, 0.3) is 17.2 Å². The molecule has 154 valence electrons. The van der Waals surface area contributed by atoms with Gasteiger partial charge >= 0.3 is 0 Å². The number of hydrogen-bond donors (Lipinski definition) is 0. The molecule has 2 aromatic carbocycles. The van der Waals surface area contributed by atoms with E-state index in [0.29, 0.717) is 28.5 Å². The smallest absolute Gasteiger partial charge is 0.166 e. The second-order valence-corrected chi connectivity index (χ2v) is 8.92. The minimum Gasteiger partial charge on any atom is -0.203 e. The highest BCUT2D eigenvalue weighted by molar-refractivity contribution is 5.67. The summed E-state index contributed by atoms with van der Waals surface area (Å²) in [6.07, 6.45) is 12.1. The molecular weight excluding hydrogens is 362 g/mol. The Labute approximate surface area is 174 Å².